The number of nitriles is 1. The van der Waals surface area contributed by atoms with Gasteiger partial charge in [0.25, 0.3) is 0 Å². The Bertz CT molecular complexity index is 1050. The number of hydrogen-bond donors (Lipinski definition) is 1. The maximum absolute atomic E-state index is 12.4. The second kappa shape index (κ2) is 9.82. The summed E-state index contributed by atoms with van der Waals surface area (Å²) in [5.74, 6) is 0. The Morgan fingerprint density at radius 3 is 2.21 bits per heavy atom. The molecule has 6 nitrogen and oxygen atoms in total. The summed E-state index contributed by atoms with van der Waals surface area (Å²) in [6.07, 6.45) is 1.46. The number of benzene rings is 2. The molecule has 0 atom stereocenters. The second-order valence-corrected chi connectivity index (χ2v) is 9.36. The molecule has 0 bridgehead atoms. The third-order valence-corrected chi connectivity index (χ3v) is 6.26. The van der Waals surface area contributed by atoms with Crippen LogP contribution in [0.25, 0.3) is 6.08 Å². The number of alkyl carbamates (subject to hydrolysis) is 1. The molecule has 172 valence electrons. The van der Waals surface area contributed by atoms with Crippen LogP contribution in [0.5, 0.6) is 0 Å². The van der Waals surface area contributed by atoms with Crippen LogP contribution in [0, 0.1) is 25.2 Å². The molecular formula is C26H31BN2O4. The SMILES string of the molecule is Cc1cc(C#N)cc(C)c1C=C(CNC(=O)OCc1ccccc1)B1OC(C)(C)C(C)(C)O1. The van der Waals surface area contributed by atoms with Crippen LogP contribution in [0.15, 0.2) is 47.9 Å². The number of nitrogens with one attached hydrogen (secondary N) is 1. The van der Waals surface area contributed by atoms with Gasteiger partial charge in [0.2, 0.25) is 0 Å². The van der Waals surface area contributed by atoms with Crippen molar-refractivity contribution in [2.24, 2.45) is 0 Å². The second-order valence-electron chi connectivity index (χ2n) is 9.36. The van der Waals surface area contributed by atoms with E-state index in [1.807, 2.05) is 90.1 Å². The van der Waals surface area contributed by atoms with Crippen molar-refractivity contribution in [3.63, 3.8) is 0 Å². The number of rotatable bonds is 6. The van der Waals surface area contributed by atoms with Crippen molar-refractivity contribution in [3.05, 3.63) is 75.8 Å². The molecule has 0 unspecified atom stereocenters. The Kier molecular flexibility index (Phi) is 7.31. The van der Waals surface area contributed by atoms with Crippen LogP contribution < -0.4 is 5.32 Å². The fourth-order valence-electron chi connectivity index (χ4n) is 3.60. The molecule has 1 saturated heterocycles. The summed E-state index contributed by atoms with van der Waals surface area (Å²) in [6, 6.07) is 15.4. The van der Waals surface area contributed by atoms with Crippen LogP contribution in [-0.4, -0.2) is 31.0 Å². The summed E-state index contributed by atoms with van der Waals surface area (Å²) in [6.45, 7) is 12.3. The van der Waals surface area contributed by atoms with E-state index in [1.165, 1.54) is 0 Å². The lowest BCUT2D eigenvalue weighted by Crippen LogP contribution is -2.41. The average molecular weight is 446 g/mol. The zero-order valence-corrected chi connectivity index (χ0v) is 20.2. The number of aryl methyl sites for hydroxylation is 2. The van der Waals surface area contributed by atoms with Crippen molar-refractivity contribution in [3.8, 4) is 6.07 Å². The van der Waals surface area contributed by atoms with E-state index in [4.69, 9.17) is 14.0 Å². The van der Waals surface area contributed by atoms with Gasteiger partial charge in [0.05, 0.1) is 22.8 Å². The Hall–Kier alpha value is -3.08. The summed E-state index contributed by atoms with van der Waals surface area (Å²) in [7, 11) is -0.626. The topological polar surface area (TPSA) is 80.6 Å². The van der Waals surface area contributed by atoms with Crippen LogP contribution in [0.3, 0.4) is 0 Å². The van der Waals surface area contributed by atoms with Crippen LogP contribution in [0.2, 0.25) is 0 Å². The molecule has 0 saturated carbocycles. The van der Waals surface area contributed by atoms with Gasteiger partial charge in [-0.1, -0.05) is 36.4 Å². The third kappa shape index (κ3) is 5.84. The molecule has 1 aliphatic rings. The Morgan fingerprint density at radius 2 is 1.67 bits per heavy atom. The minimum Gasteiger partial charge on any atom is -0.445 e. The van der Waals surface area contributed by atoms with Gasteiger partial charge in [-0.2, -0.15) is 5.26 Å². The van der Waals surface area contributed by atoms with Crippen LogP contribution >= 0.6 is 0 Å². The minimum absolute atomic E-state index is 0.191. The molecule has 1 amide bonds. The van der Waals surface area contributed by atoms with Crippen molar-refractivity contribution in [2.45, 2.75) is 59.4 Å². The number of hydrogen-bond acceptors (Lipinski definition) is 5. The number of nitrogens with zero attached hydrogens (tertiary/aromatic N) is 1. The van der Waals surface area contributed by atoms with Crippen LogP contribution in [0.4, 0.5) is 4.79 Å². The minimum atomic E-state index is -0.626. The van der Waals surface area contributed by atoms with E-state index in [9.17, 15) is 10.1 Å². The van der Waals surface area contributed by atoms with E-state index in [-0.39, 0.29) is 13.2 Å². The number of carbonyl (C=O) groups is 1. The lowest BCUT2D eigenvalue weighted by Gasteiger charge is -2.32. The fourth-order valence-corrected chi connectivity index (χ4v) is 3.60. The highest BCUT2D eigenvalue weighted by atomic mass is 16.7. The maximum atomic E-state index is 12.4. The highest BCUT2D eigenvalue weighted by molar-refractivity contribution is 6.56. The monoisotopic (exact) mass is 446 g/mol. The molecule has 1 heterocycles. The molecule has 2 aromatic rings. The van der Waals surface area contributed by atoms with Crippen LogP contribution in [-0.2, 0) is 20.7 Å². The van der Waals surface area contributed by atoms with Gasteiger partial charge in [-0.3, -0.25) is 0 Å². The first kappa shape index (κ1) is 24.6. The maximum Gasteiger partial charge on any atom is 0.492 e. The van der Waals surface area contributed by atoms with Gasteiger partial charge in [-0.25, -0.2) is 4.79 Å². The highest BCUT2D eigenvalue weighted by Crippen LogP contribution is 2.39. The first-order valence-electron chi connectivity index (χ1n) is 11.0. The van der Waals surface area contributed by atoms with Crippen molar-refractivity contribution in [2.75, 3.05) is 6.54 Å². The fraction of sp³-hybridized carbons (Fsp3) is 0.385. The summed E-state index contributed by atoms with van der Waals surface area (Å²) in [4.78, 5) is 12.4. The van der Waals surface area contributed by atoms with E-state index in [0.29, 0.717) is 5.56 Å². The van der Waals surface area contributed by atoms with Crippen LogP contribution in [0.1, 0.15) is 55.5 Å². The number of carbonyl (C=O) groups excluding carboxylic acids is 1. The van der Waals surface area contributed by atoms with Crippen molar-refractivity contribution >= 4 is 19.3 Å². The Labute approximate surface area is 196 Å². The first-order chi connectivity index (χ1) is 15.5. The van der Waals surface area contributed by atoms with Gasteiger partial charge in [0.15, 0.2) is 0 Å². The molecular weight excluding hydrogens is 415 g/mol. The zero-order valence-electron chi connectivity index (χ0n) is 20.2. The normalized spacial score (nSPS) is 16.9. The largest absolute Gasteiger partial charge is 0.492 e. The third-order valence-electron chi connectivity index (χ3n) is 6.26. The Morgan fingerprint density at radius 1 is 1.09 bits per heavy atom. The summed E-state index contributed by atoms with van der Waals surface area (Å²) in [5, 5.41) is 12.1. The smallest absolute Gasteiger partial charge is 0.445 e. The predicted molar refractivity (Wildman–Crippen MR) is 129 cm³/mol. The highest BCUT2D eigenvalue weighted by Gasteiger charge is 2.52. The quantitative estimate of drug-likeness (QED) is 0.624. The molecule has 0 spiro atoms. The standard InChI is InChI=1S/C26H31BN2O4/c1-18-12-21(15-28)13-19(2)23(18)14-22(27-32-25(3,4)26(5,6)33-27)16-29-24(30)31-17-20-10-8-7-9-11-20/h7-14H,16-17H2,1-6H3,(H,29,30). The molecule has 1 N–H and O–H groups in total. The molecule has 0 aromatic heterocycles. The van der Waals surface area contributed by atoms with Gasteiger partial charge >= 0.3 is 13.2 Å². The molecule has 2 aromatic carbocycles. The van der Waals surface area contributed by atoms with E-state index in [0.717, 1.165) is 27.7 Å². The van der Waals surface area contributed by atoms with E-state index in [2.05, 4.69) is 11.4 Å². The summed E-state index contributed by atoms with van der Waals surface area (Å²) >= 11 is 0. The Balaban J connectivity index is 1.82. The zero-order chi connectivity index (χ0) is 24.2. The van der Waals surface area contributed by atoms with Gasteiger partial charge in [0, 0.05) is 6.54 Å². The van der Waals surface area contributed by atoms with Crippen molar-refractivity contribution in [1.29, 1.82) is 5.26 Å². The van der Waals surface area contributed by atoms with Gasteiger partial charge in [-0.05, 0) is 81.4 Å². The first-order valence-corrected chi connectivity index (χ1v) is 11.0. The van der Waals surface area contributed by atoms with E-state index in [1.54, 1.807) is 0 Å². The number of ether oxygens (including phenoxy) is 1. The molecule has 0 radical (unpaired) electrons. The summed E-state index contributed by atoms with van der Waals surface area (Å²) in [5.41, 5.74) is 4.16. The molecule has 0 aliphatic carbocycles. The molecule has 7 heteroatoms. The van der Waals surface area contributed by atoms with E-state index < -0.39 is 24.4 Å². The predicted octanol–water partition coefficient (Wildman–Crippen LogP) is 5.12. The average Bonchev–Trinajstić information content (AvgIpc) is 2.98. The summed E-state index contributed by atoms with van der Waals surface area (Å²) < 4.78 is 17.9. The van der Waals surface area contributed by atoms with Crippen molar-refractivity contribution in [1.82, 2.24) is 5.32 Å². The number of amides is 1. The van der Waals surface area contributed by atoms with E-state index >= 15 is 0 Å². The van der Waals surface area contributed by atoms with Crippen molar-refractivity contribution < 1.29 is 18.8 Å². The van der Waals surface area contributed by atoms with Gasteiger partial charge in [-0.15, -0.1) is 0 Å². The lowest BCUT2D eigenvalue weighted by molar-refractivity contribution is 0.00578. The molecule has 1 fully saturated rings. The molecule has 3 rings (SSSR count). The van der Waals surface area contributed by atoms with Gasteiger partial charge in [0.1, 0.15) is 6.61 Å². The lowest BCUT2D eigenvalue weighted by atomic mass is 9.76. The molecule has 1 aliphatic heterocycles. The molecule has 33 heavy (non-hydrogen) atoms. The van der Waals surface area contributed by atoms with Gasteiger partial charge < -0.3 is 19.4 Å².